The fraction of sp³-hybridized carbons (Fsp3) is 0.938. The van der Waals surface area contributed by atoms with Crippen LogP contribution in [0.3, 0.4) is 0 Å². The van der Waals surface area contributed by atoms with Crippen LogP contribution in [0.1, 0.15) is 58.8 Å². The van der Waals surface area contributed by atoms with Gasteiger partial charge in [-0.05, 0) is 56.3 Å². The molecule has 0 aromatic carbocycles. The lowest BCUT2D eigenvalue weighted by Gasteiger charge is -2.56. The van der Waals surface area contributed by atoms with Gasteiger partial charge in [0.1, 0.15) is 0 Å². The van der Waals surface area contributed by atoms with Crippen LogP contribution in [0.15, 0.2) is 0 Å². The second kappa shape index (κ2) is 5.92. The lowest BCUT2D eigenvalue weighted by Crippen LogP contribution is -2.54. The Balaban J connectivity index is 2.05. The zero-order valence-electron chi connectivity index (χ0n) is 13.0. The molecule has 2 aliphatic carbocycles. The first-order chi connectivity index (χ1) is 9.40. The predicted octanol–water partition coefficient (Wildman–Crippen LogP) is 3.52. The molecule has 4 nitrogen and oxygen atoms in total. The molecular weight excluding hydrogens is 256 g/mol. The molecule has 1 unspecified atom stereocenters. The summed E-state index contributed by atoms with van der Waals surface area (Å²) in [6, 6.07) is 0. The van der Waals surface area contributed by atoms with Crippen molar-refractivity contribution in [2.24, 2.45) is 17.3 Å². The monoisotopic (exact) mass is 284 g/mol. The highest BCUT2D eigenvalue weighted by atomic mass is 16.7. The van der Waals surface area contributed by atoms with E-state index in [1.54, 1.807) is 0 Å². The van der Waals surface area contributed by atoms with Crippen molar-refractivity contribution < 1.29 is 19.4 Å². The minimum Gasteiger partial charge on any atom is -0.438 e. The van der Waals surface area contributed by atoms with Gasteiger partial charge in [-0.25, -0.2) is 4.79 Å². The van der Waals surface area contributed by atoms with E-state index in [0.29, 0.717) is 12.5 Å². The highest BCUT2D eigenvalue weighted by Gasteiger charge is 2.53. The van der Waals surface area contributed by atoms with Gasteiger partial charge in [0.05, 0.1) is 19.3 Å². The summed E-state index contributed by atoms with van der Waals surface area (Å²) in [5.41, 5.74) is -0.471. The summed E-state index contributed by atoms with van der Waals surface area (Å²) in [7, 11) is 1.32. The molecule has 0 aromatic rings. The molecule has 2 saturated carbocycles. The minimum absolute atomic E-state index is 0.180. The van der Waals surface area contributed by atoms with Crippen molar-refractivity contribution in [3.05, 3.63) is 0 Å². The Morgan fingerprint density at radius 1 is 1.25 bits per heavy atom. The summed E-state index contributed by atoms with van der Waals surface area (Å²) in [5.74, 6) is 0.901. The highest BCUT2D eigenvalue weighted by Crippen LogP contribution is 2.57. The molecule has 0 bridgehead atoms. The second-order valence-electron chi connectivity index (χ2n) is 6.99. The van der Waals surface area contributed by atoms with Gasteiger partial charge in [-0.2, -0.15) is 0 Å². The zero-order valence-corrected chi connectivity index (χ0v) is 13.0. The van der Waals surface area contributed by atoms with E-state index in [1.165, 1.54) is 32.8 Å². The Labute approximate surface area is 121 Å². The molecule has 20 heavy (non-hydrogen) atoms. The third kappa shape index (κ3) is 2.95. The summed E-state index contributed by atoms with van der Waals surface area (Å²) < 4.78 is 9.54. The molecule has 2 fully saturated rings. The Bertz CT molecular complexity index is 352. The fourth-order valence-corrected chi connectivity index (χ4v) is 4.67. The van der Waals surface area contributed by atoms with Gasteiger partial charge in [-0.3, -0.25) is 0 Å². The Hall–Kier alpha value is -0.770. The second-order valence-corrected chi connectivity index (χ2v) is 6.99. The van der Waals surface area contributed by atoms with Crippen LogP contribution in [0.4, 0.5) is 4.79 Å². The van der Waals surface area contributed by atoms with Gasteiger partial charge < -0.3 is 14.6 Å². The van der Waals surface area contributed by atoms with Gasteiger partial charge >= 0.3 is 6.16 Å². The Morgan fingerprint density at radius 2 is 2.00 bits per heavy atom. The maximum atomic E-state index is 11.1. The number of aliphatic hydroxyl groups is 1. The van der Waals surface area contributed by atoms with Crippen molar-refractivity contribution in [1.29, 1.82) is 0 Å². The van der Waals surface area contributed by atoms with E-state index in [2.05, 4.69) is 11.7 Å². The number of hydrogen-bond acceptors (Lipinski definition) is 4. The number of ether oxygens (including phenoxy) is 2. The summed E-state index contributed by atoms with van der Waals surface area (Å²) >= 11 is 0. The van der Waals surface area contributed by atoms with E-state index >= 15 is 0 Å². The molecule has 0 amide bonds. The van der Waals surface area contributed by atoms with Gasteiger partial charge in [-0.15, -0.1) is 0 Å². The molecule has 4 atom stereocenters. The zero-order chi connectivity index (χ0) is 14.8. The van der Waals surface area contributed by atoms with Crippen LogP contribution >= 0.6 is 0 Å². The van der Waals surface area contributed by atoms with Gasteiger partial charge in [0.2, 0.25) is 0 Å². The third-order valence-electron chi connectivity index (χ3n) is 5.79. The van der Waals surface area contributed by atoms with Crippen LogP contribution < -0.4 is 0 Å². The first-order valence-electron chi connectivity index (χ1n) is 7.83. The summed E-state index contributed by atoms with van der Waals surface area (Å²) in [6.07, 6.45) is 7.08. The Kier molecular flexibility index (Phi) is 4.62. The molecule has 2 rings (SSSR count). The Morgan fingerprint density at radius 3 is 2.70 bits per heavy atom. The van der Waals surface area contributed by atoms with Crippen LogP contribution in [-0.2, 0) is 9.47 Å². The lowest BCUT2D eigenvalue weighted by molar-refractivity contribution is -0.143. The summed E-state index contributed by atoms with van der Waals surface area (Å²) in [6.45, 7) is 4.61. The molecule has 0 radical (unpaired) electrons. The molecular formula is C16H28O4. The number of carbonyl (C=O) groups is 1. The van der Waals surface area contributed by atoms with E-state index in [0.717, 1.165) is 19.3 Å². The van der Waals surface area contributed by atoms with E-state index in [1.807, 2.05) is 6.92 Å². The molecule has 116 valence electrons. The molecule has 0 saturated heterocycles. The molecule has 0 aromatic heterocycles. The van der Waals surface area contributed by atoms with Gasteiger partial charge in [0.15, 0.2) is 0 Å². The normalized spacial score (nSPS) is 40.8. The van der Waals surface area contributed by atoms with Gasteiger partial charge in [0, 0.05) is 0 Å². The van der Waals surface area contributed by atoms with Crippen LogP contribution in [-0.4, -0.2) is 30.6 Å². The third-order valence-corrected chi connectivity index (χ3v) is 5.79. The number of hydrogen-bond donors (Lipinski definition) is 1. The van der Waals surface area contributed by atoms with E-state index in [4.69, 9.17) is 4.74 Å². The molecule has 2 aliphatic rings. The van der Waals surface area contributed by atoms with E-state index in [-0.39, 0.29) is 11.3 Å². The maximum Gasteiger partial charge on any atom is 0.507 e. The number of fused-ring (bicyclic) bond motifs is 1. The van der Waals surface area contributed by atoms with Crippen molar-refractivity contribution in [2.75, 3.05) is 13.7 Å². The molecule has 0 heterocycles. The van der Waals surface area contributed by atoms with Crippen molar-refractivity contribution in [3.63, 3.8) is 0 Å². The highest BCUT2D eigenvalue weighted by molar-refractivity contribution is 5.59. The SMILES string of the molecule is COC(=O)OCC[C@@H]1[C@@]2(C)CCCCC2CC[C@@]1(C)O. The van der Waals surface area contributed by atoms with Crippen molar-refractivity contribution >= 4 is 6.16 Å². The summed E-state index contributed by atoms with van der Waals surface area (Å²) in [5, 5.41) is 10.8. The largest absolute Gasteiger partial charge is 0.507 e. The van der Waals surface area contributed by atoms with Gasteiger partial charge in [0.25, 0.3) is 0 Å². The van der Waals surface area contributed by atoms with Gasteiger partial charge in [-0.1, -0.05) is 19.8 Å². The molecule has 0 aliphatic heterocycles. The topological polar surface area (TPSA) is 55.8 Å². The average Bonchev–Trinajstić information content (AvgIpc) is 2.41. The minimum atomic E-state index is -0.651. The number of methoxy groups -OCH3 is 1. The van der Waals surface area contributed by atoms with Crippen LogP contribution in [0, 0.1) is 17.3 Å². The molecule has 1 N–H and O–H groups in total. The van der Waals surface area contributed by atoms with Crippen LogP contribution in [0.25, 0.3) is 0 Å². The van der Waals surface area contributed by atoms with Crippen LogP contribution in [0.5, 0.6) is 0 Å². The lowest BCUT2D eigenvalue weighted by atomic mass is 9.51. The fourth-order valence-electron chi connectivity index (χ4n) is 4.67. The van der Waals surface area contributed by atoms with E-state index in [9.17, 15) is 9.90 Å². The molecule has 0 spiro atoms. The van der Waals surface area contributed by atoms with Crippen LogP contribution in [0.2, 0.25) is 0 Å². The maximum absolute atomic E-state index is 11.1. The quantitative estimate of drug-likeness (QED) is 0.806. The average molecular weight is 284 g/mol. The smallest absolute Gasteiger partial charge is 0.438 e. The summed E-state index contributed by atoms with van der Waals surface area (Å²) in [4.78, 5) is 11.1. The molecule has 4 heteroatoms. The standard InChI is InChI=1S/C16H28O4/c1-15-9-5-4-6-12(15)7-10-16(2,18)13(15)8-11-20-14(17)19-3/h12-13,18H,4-11H2,1-3H3/t12?,13-,15+,16-/m1/s1. The number of carbonyl (C=O) groups excluding carboxylic acids is 1. The van der Waals surface area contributed by atoms with Crippen molar-refractivity contribution in [2.45, 2.75) is 64.4 Å². The first-order valence-corrected chi connectivity index (χ1v) is 7.83. The van der Waals surface area contributed by atoms with Crippen molar-refractivity contribution in [1.82, 2.24) is 0 Å². The number of rotatable bonds is 3. The predicted molar refractivity (Wildman–Crippen MR) is 76.4 cm³/mol. The van der Waals surface area contributed by atoms with E-state index < -0.39 is 11.8 Å². The van der Waals surface area contributed by atoms with Crippen molar-refractivity contribution in [3.8, 4) is 0 Å². The first kappa shape index (κ1) is 15.6.